The summed E-state index contributed by atoms with van der Waals surface area (Å²) in [6.45, 7) is 11.9. The molecule has 1 aliphatic heterocycles. The van der Waals surface area contributed by atoms with E-state index < -0.39 is 0 Å². The van der Waals surface area contributed by atoms with E-state index in [2.05, 4.69) is 47.6 Å². The maximum absolute atomic E-state index is 5.95. The van der Waals surface area contributed by atoms with Gasteiger partial charge in [0.1, 0.15) is 11.5 Å². The molecule has 7 heteroatoms. The van der Waals surface area contributed by atoms with Crippen LogP contribution in [0.5, 0.6) is 0 Å². The molecule has 154 valence electrons. The Labute approximate surface area is 172 Å². The van der Waals surface area contributed by atoms with Crippen LogP contribution < -0.4 is 10.6 Å². The summed E-state index contributed by atoms with van der Waals surface area (Å²) in [7, 11) is 0. The molecule has 1 atom stereocenters. The Kier molecular flexibility index (Phi) is 7.94. The number of ether oxygens (including phenoxy) is 1. The highest BCUT2D eigenvalue weighted by atomic mass is 32.1. The number of aryl methyl sites for hydroxylation is 2. The number of thiophene rings is 1. The molecule has 2 aromatic heterocycles. The first-order valence-corrected chi connectivity index (χ1v) is 11.0. The Morgan fingerprint density at radius 1 is 1.14 bits per heavy atom. The van der Waals surface area contributed by atoms with Gasteiger partial charge in [-0.2, -0.15) is 0 Å². The largest absolute Gasteiger partial charge is 0.465 e. The highest BCUT2D eigenvalue weighted by Gasteiger charge is 2.25. The van der Waals surface area contributed by atoms with Crippen molar-refractivity contribution >= 4 is 17.3 Å². The van der Waals surface area contributed by atoms with Gasteiger partial charge in [-0.1, -0.05) is 6.92 Å². The Balaban J connectivity index is 1.66. The number of furan rings is 1. The number of hydrogen-bond donors (Lipinski definition) is 2. The fourth-order valence-electron chi connectivity index (χ4n) is 3.32. The number of morpholine rings is 1. The molecule has 0 saturated carbocycles. The van der Waals surface area contributed by atoms with Gasteiger partial charge in [-0.3, -0.25) is 4.90 Å². The topological polar surface area (TPSA) is 62.0 Å². The van der Waals surface area contributed by atoms with Crippen LogP contribution >= 0.6 is 11.3 Å². The first-order valence-electron chi connectivity index (χ1n) is 10.2. The third kappa shape index (κ3) is 5.83. The standard InChI is InChI=1S/C21H32N4O2S/c1-4-17-7-8-18(28-17)14-23-21(22-5-2)24-15-19(20-9-6-16(3)27-20)25-10-12-26-13-11-25/h6-9,19H,4-5,10-15H2,1-3H3,(H2,22,23,24). The molecule has 0 aromatic carbocycles. The van der Waals surface area contributed by atoms with Crippen LogP contribution in [0.25, 0.3) is 0 Å². The SMILES string of the molecule is CCNC(=NCc1ccc(CC)s1)NCC(c1ccc(C)o1)N1CCOCC1. The lowest BCUT2D eigenvalue weighted by atomic mass is 10.1. The second kappa shape index (κ2) is 10.6. The summed E-state index contributed by atoms with van der Waals surface area (Å²) in [6.07, 6.45) is 1.08. The quantitative estimate of drug-likeness (QED) is 0.522. The van der Waals surface area contributed by atoms with Crippen molar-refractivity contribution in [2.45, 2.75) is 39.8 Å². The zero-order valence-electron chi connectivity index (χ0n) is 17.2. The fourth-order valence-corrected chi connectivity index (χ4v) is 4.20. The highest BCUT2D eigenvalue weighted by Crippen LogP contribution is 2.23. The monoisotopic (exact) mass is 404 g/mol. The van der Waals surface area contributed by atoms with Crippen LogP contribution in [0, 0.1) is 6.92 Å². The zero-order valence-corrected chi connectivity index (χ0v) is 18.0. The van der Waals surface area contributed by atoms with Gasteiger partial charge in [0.2, 0.25) is 0 Å². The second-order valence-corrected chi connectivity index (χ2v) is 8.16. The van der Waals surface area contributed by atoms with E-state index in [0.29, 0.717) is 6.54 Å². The number of aliphatic imine (C=N–C) groups is 1. The van der Waals surface area contributed by atoms with Crippen molar-refractivity contribution in [3.8, 4) is 0 Å². The van der Waals surface area contributed by atoms with Crippen LogP contribution in [0.4, 0.5) is 0 Å². The molecule has 3 heterocycles. The lowest BCUT2D eigenvalue weighted by Gasteiger charge is -2.33. The molecule has 1 aliphatic rings. The molecule has 2 N–H and O–H groups in total. The third-order valence-electron chi connectivity index (χ3n) is 4.84. The molecule has 2 aromatic rings. The van der Waals surface area contributed by atoms with Crippen LogP contribution in [-0.4, -0.2) is 50.3 Å². The molecule has 0 bridgehead atoms. The number of guanidine groups is 1. The summed E-state index contributed by atoms with van der Waals surface area (Å²) in [5.74, 6) is 2.78. The van der Waals surface area contributed by atoms with E-state index in [0.717, 1.165) is 63.3 Å². The van der Waals surface area contributed by atoms with E-state index in [4.69, 9.17) is 14.1 Å². The summed E-state index contributed by atoms with van der Waals surface area (Å²) < 4.78 is 11.5. The van der Waals surface area contributed by atoms with Gasteiger partial charge in [-0.15, -0.1) is 11.3 Å². The minimum Gasteiger partial charge on any atom is -0.465 e. The third-order valence-corrected chi connectivity index (χ3v) is 6.06. The van der Waals surface area contributed by atoms with E-state index in [-0.39, 0.29) is 6.04 Å². The van der Waals surface area contributed by atoms with Crippen molar-refractivity contribution in [2.24, 2.45) is 4.99 Å². The van der Waals surface area contributed by atoms with Crippen molar-refractivity contribution in [1.29, 1.82) is 0 Å². The first-order chi connectivity index (χ1) is 13.7. The second-order valence-electron chi connectivity index (χ2n) is 6.91. The van der Waals surface area contributed by atoms with E-state index in [9.17, 15) is 0 Å². The molecule has 1 unspecified atom stereocenters. The molecule has 0 spiro atoms. The van der Waals surface area contributed by atoms with Crippen LogP contribution in [0.15, 0.2) is 33.7 Å². The minimum absolute atomic E-state index is 0.162. The fraction of sp³-hybridized carbons (Fsp3) is 0.571. The molecule has 6 nitrogen and oxygen atoms in total. The smallest absolute Gasteiger partial charge is 0.191 e. The number of nitrogens with one attached hydrogen (secondary N) is 2. The van der Waals surface area contributed by atoms with Gasteiger partial charge >= 0.3 is 0 Å². The Hall–Kier alpha value is -1.83. The van der Waals surface area contributed by atoms with E-state index in [1.165, 1.54) is 9.75 Å². The highest BCUT2D eigenvalue weighted by molar-refractivity contribution is 7.11. The van der Waals surface area contributed by atoms with Crippen LogP contribution in [0.3, 0.4) is 0 Å². The molecule has 0 amide bonds. The summed E-state index contributed by atoms with van der Waals surface area (Å²) in [5.41, 5.74) is 0. The summed E-state index contributed by atoms with van der Waals surface area (Å²) in [4.78, 5) is 9.90. The Bertz CT molecular complexity index is 749. The summed E-state index contributed by atoms with van der Waals surface area (Å²) in [5, 5.41) is 6.88. The van der Waals surface area contributed by atoms with Crippen LogP contribution in [0.1, 0.15) is 41.2 Å². The van der Waals surface area contributed by atoms with Gasteiger partial charge < -0.3 is 19.8 Å². The van der Waals surface area contributed by atoms with Gasteiger partial charge in [-0.05, 0) is 44.5 Å². The van der Waals surface area contributed by atoms with E-state index in [1.807, 2.05) is 24.3 Å². The van der Waals surface area contributed by atoms with Gasteiger partial charge in [0.25, 0.3) is 0 Å². The van der Waals surface area contributed by atoms with Gasteiger partial charge in [0, 0.05) is 35.9 Å². The van der Waals surface area contributed by atoms with Crippen LogP contribution in [-0.2, 0) is 17.7 Å². The lowest BCUT2D eigenvalue weighted by Crippen LogP contribution is -2.46. The van der Waals surface area contributed by atoms with Gasteiger partial charge in [0.15, 0.2) is 5.96 Å². The molecule has 3 rings (SSSR count). The maximum atomic E-state index is 5.95. The zero-order chi connectivity index (χ0) is 19.8. The minimum atomic E-state index is 0.162. The molecule has 0 aliphatic carbocycles. The molecule has 1 fully saturated rings. The average molecular weight is 405 g/mol. The Morgan fingerprint density at radius 3 is 2.57 bits per heavy atom. The molecule has 28 heavy (non-hydrogen) atoms. The van der Waals surface area contributed by atoms with Crippen molar-refractivity contribution in [3.05, 3.63) is 45.5 Å². The van der Waals surface area contributed by atoms with Gasteiger partial charge in [0.05, 0.1) is 25.8 Å². The predicted molar refractivity (Wildman–Crippen MR) is 115 cm³/mol. The van der Waals surface area contributed by atoms with Crippen LogP contribution in [0.2, 0.25) is 0 Å². The number of rotatable bonds is 8. The van der Waals surface area contributed by atoms with E-state index in [1.54, 1.807) is 0 Å². The van der Waals surface area contributed by atoms with Crippen molar-refractivity contribution in [3.63, 3.8) is 0 Å². The van der Waals surface area contributed by atoms with E-state index >= 15 is 0 Å². The number of hydrogen-bond acceptors (Lipinski definition) is 5. The molecular formula is C21H32N4O2S. The number of nitrogens with zero attached hydrogens (tertiary/aromatic N) is 2. The normalized spacial score (nSPS) is 16.9. The lowest BCUT2D eigenvalue weighted by molar-refractivity contribution is 0.0124. The first kappa shape index (κ1) is 20.9. The Morgan fingerprint density at radius 2 is 1.93 bits per heavy atom. The predicted octanol–water partition coefficient (Wildman–Crippen LogP) is 3.34. The average Bonchev–Trinajstić information content (AvgIpc) is 3.36. The van der Waals surface area contributed by atoms with Crippen molar-refractivity contribution < 1.29 is 9.15 Å². The molecule has 0 radical (unpaired) electrons. The molecular weight excluding hydrogens is 372 g/mol. The maximum Gasteiger partial charge on any atom is 0.191 e. The summed E-state index contributed by atoms with van der Waals surface area (Å²) in [6, 6.07) is 8.65. The summed E-state index contributed by atoms with van der Waals surface area (Å²) >= 11 is 1.84. The molecule has 1 saturated heterocycles. The van der Waals surface area contributed by atoms with Gasteiger partial charge in [-0.25, -0.2) is 4.99 Å². The van der Waals surface area contributed by atoms with Crippen molar-refractivity contribution in [2.75, 3.05) is 39.4 Å². The van der Waals surface area contributed by atoms with Crippen molar-refractivity contribution in [1.82, 2.24) is 15.5 Å².